The predicted octanol–water partition coefficient (Wildman–Crippen LogP) is 2.93. The molecule has 18 heavy (non-hydrogen) atoms. The van der Waals surface area contributed by atoms with Crippen LogP contribution in [-0.4, -0.2) is 22.2 Å². The third kappa shape index (κ3) is 2.22. The molecule has 0 bridgehead atoms. The number of nitro benzene ring substituents is 1. The second-order valence-electron chi connectivity index (χ2n) is 5.19. The lowest BCUT2D eigenvalue weighted by Gasteiger charge is -2.50. The molecule has 2 atom stereocenters. The van der Waals surface area contributed by atoms with Crippen LogP contribution in [0, 0.1) is 15.5 Å². The molecule has 6 heteroatoms. The molecule has 0 radical (unpaired) electrons. The van der Waals surface area contributed by atoms with Gasteiger partial charge < -0.3 is 10.4 Å². The second kappa shape index (κ2) is 4.51. The highest BCUT2D eigenvalue weighted by atomic mass is 79.9. The van der Waals surface area contributed by atoms with E-state index >= 15 is 0 Å². The molecule has 1 aromatic carbocycles. The van der Waals surface area contributed by atoms with E-state index in [0.29, 0.717) is 10.9 Å². The molecule has 0 amide bonds. The maximum absolute atomic E-state index is 10.6. The van der Waals surface area contributed by atoms with E-state index in [1.165, 1.54) is 12.1 Å². The lowest BCUT2D eigenvalue weighted by atomic mass is 9.64. The number of non-ortho nitro benzene ring substituents is 1. The Hall–Kier alpha value is -1.14. The number of rotatable bonds is 3. The second-order valence-corrected chi connectivity index (χ2v) is 6.05. The molecule has 0 aromatic heterocycles. The summed E-state index contributed by atoms with van der Waals surface area (Å²) in [6.45, 7) is 4.00. The van der Waals surface area contributed by atoms with E-state index < -0.39 is 4.92 Å². The van der Waals surface area contributed by atoms with Gasteiger partial charge in [-0.05, 0) is 28.4 Å². The molecular weight excluding hydrogens is 300 g/mol. The summed E-state index contributed by atoms with van der Waals surface area (Å²) in [5.41, 5.74) is 0.687. The molecule has 2 N–H and O–H groups in total. The fourth-order valence-electron chi connectivity index (χ4n) is 2.07. The van der Waals surface area contributed by atoms with Crippen LogP contribution in [0.2, 0.25) is 0 Å². The Morgan fingerprint density at radius 2 is 2.22 bits per heavy atom. The zero-order valence-corrected chi connectivity index (χ0v) is 11.8. The Bertz CT molecular complexity index is 490. The number of halogens is 1. The van der Waals surface area contributed by atoms with E-state index in [-0.39, 0.29) is 23.2 Å². The van der Waals surface area contributed by atoms with Gasteiger partial charge in [-0.1, -0.05) is 13.8 Å². The van der Waals surface area contributed by atoms with Crippen LogP contribution in [0.1, 0.15) is 20.3 Å². The molecule has 1 fully saturated rings. The van der Waals surface area contributed by atoms with E-state index in [9.17, 15) is 15.2 Å². The van der Waals surface area contributed by atoms with Crippen LogP contribution in [0.3, 0.4) is 0 Å². The fraction of sp³-hybridized carbons (Fsp3) is 0.500. The molecular formula is C12H15BrN2O3. The van der Waals surface area contributed by atoms with Gasteiger partial charge in [-0.15, -0.1) is 0 Å². The summed E-state index contributed by atoms with van der Waals surface area (Å²) in [6.07, 6.45) is 0.392. The average molecular weight is 315 g/mol. The quantitative estimate of drug-likeness (QED) is 0.664. The number of aliphatic hydroxyl groups excluding tert-OH is 1. The standard InChI is InChI=1S/C12H15BrN2O3/c1-12(2)10(6-11(12)16)14-9-4-3-7(15(17)18)5-8(9)13/h3-5,10-11,14,16H,6H2,1-2H3. The number of nitrogens with one attached hydrogen (secondary N) is 1. The number of nitrogens with zero attached hydrogens (tertiary/aromatic N) is 1. The van der Waals surface area contributed by atoms with Crippen molar-refractivity contribution >= 4 is 27.3 Å². The Balaban J connectivity index is 2.14. The molecule has 1 saturated carbocycles. The van der Waals surface area contributed by atoms with Crippen LogP contribution in [0.4, 0.5) is 11.4 Å². The SMILES string of the molecule is CC1(C)C(O)CC1Nc1ccc([N+](=O)[O-])cc1Br. The number of hydrogen-bond acceptors (Lipinski definition) is 4. The Morgan fingerprint density at radius 1 is 1.56 bits per heavy atom. The summed E-state index contributed by atoms with van der Waals surface area (Å²) in [6, 6.07) is 4.80. The highest BCUT2D eigenvalue weighted by molar-refractivity contribution is 9.10. The summed E-state index contributed by atoms with van der Waals surface area (Å²) in [7, 11) is 0. The van der Waals surface area contributed by atoms with Gasteiger partial charge in [0.05, 0.1) is 11.0 Å². The Kier molecular flexibility index (Phi) is 3.33. The van der Waals surface area contributed by atoms with Crippen molar-refractivity contribution in [1.82, 2.24) is 0 Å². The van der Waals surface area contributed by atoms with Gasteiger partial charge in [-0.25, -0.2) is 0 Å². The van der Waals surface area contributed by atoms with E-state index in [1.54, 1.807) is 6.07 Å². The minimum absolute atomic E-state index is 0.0559. The van der Waals surface area contributed by atoms with Crippen molar-refractivity contribution in [2.24, 2.45) is 5.41 Å². The summed E-state index contributed by atoms with van der Waals surface area (Å²) < 4.78 is 0.661. The Labute approximate surface area is 113 Å². The van der Waals surface area contributed by atoms with Gasteiger partial charge in [0, 0.05) is 33.7 Å². The highest BCUT2D eigenvalue weighted by Crippen LogP contribution is 2.43. The summed E-state index contributed by atoms with van der Waals surface area (Å²) in [5.74, 6) is 0. The smallest absolute Gasteiger partial charge is 0.270 e. The lowest BCUT2D eigenvalue weighted by Crippen LogP contribution is -2.56. The fourth-order valence-corrected chi connectivity index (χ4v) is 2.55. The zero-order valence-electron chi connectivity index (χ0n) is 10.2. The average Bonchev–Trinajstić information content (AvgIpc) is 2.30. The summed E-state index contributed by atoms with van der Waals surface area (Å²) in [4.78, 5) is 10.2. The maximum Gasteiger partial charge on any atom is 0.270 e. The number of benzene rings is 1. The minimum Gasteiger partial charge on any atom is -0.392 e. The van der Waals surface area contributed by atoms with Crippen LogP contribution in [0.15, 0.2) is 22.7 Å². The van der Waals surface area contributed by atoms with E-state index in [4.69, 9.17) is 0 Å². The van der Waals surface area contributed by atoms with Gasteiger partial charge >= 0.3 is 0 Å². The van der Waals surface area contributed by atoms with Gasteiger partial charge in [-0.3, -0.25) is 10.1 Å². The van der Waals surface area contributed by atoms with E-state index in [0.717, 1.165) is 5.69 Å². The monoisotopic (exact) mass is 314 g/mol. The van der Waals surface area contributed by atoms with Crippen LogP contribution in [0.5, 0.6) is 0 Å². The molecule has 0 heterocycles. The number of anilines is 1. The van der Waals surface area contributed by atoms with Crippen molar-refractivity contribution in [3.8, 4) is 0 Å². The number of aliphatic hydroxyl groups is 1. The van der Waals surface area contributed by atoms with Gasteiger partial charge in [-0.2, -0.15) is 0 Å². The first kappa shape index (κ1) is 13.3. The van der Waals surface area contributed by atoms with E-state index in [1.807, 2.05) is 13.8 Å². The highest BCUT2D eigenvalue weighted by Gasteiger charge is 2.47. The third-order valence-corrected chi connectivity index (χ3v) is 4.37. The normalized spacial score (nSPS) is 25.3. The zero-order chi connectivity index (χ0) is 13.5. The van der Waals surface area contributed by atoms with Crippen LogP contribution < -0.4 is 5.32 Å². The third-order valence-electron chi connectivity index (χ3n) is 3.71. The molecule has 1 aliphatic carbocycles. The molecule has 2 unspecified atom stereocenters. The first-order valence-electron chi connectivity index (χ1n) is 5.71. The lowest BCUT2D eigenvalue weighted by molar-refractivity contribution is -0.384. The van der Waals surface area contributed by atoms with Crippen molar-refractivity contribution in [3.05, 3.63) is 32.8 Å². The first-order chi connectivity index (χ1) is 8.32. The molecule has 98 valence electrons. The molecule has 0 spiro atoms. The largest absolute Gasteiger partial charge is 0.392 e. The number of hydrogen-bond donors (Lipinski definition) is 2. The first-order valence-corrected chi connectivity index (χ1v) is 6.50. The minimum atomic E-state index is -0.425. The predicted molar refractivity (Wildman–Crippen MR) is 72.6 cm³/mol. The molecule has 1 aliphatic rings. The summed E-state index contributed by atoms with van der Waals surface area (Å²) >= 11 is 3.32. The molecule has 5 nitrogen and oxygen atoms in total. The topological polar surface area (TPSA) is 75.4 Å². The maximum atomic E-state index is 10.6. The van der Waals surface area contributed by atoms with Gasteiger partial charge in [0.15, 0.2) is 0 Å². The summed E-state index contributed by atoms with van der Waals surface area (Å²) in [5, 5.41) is 23.6. The van der Waals surface area contributed by atoms with Crippen LogP contribution in [-0.2, 0) is 0 Å². The van der Waals surface area contributed by atoms with Crippen molar-refractivity contribution in [3.63, 3.8) is 0 Å². The molecule has 1 aromatic rings. The molecule has 2 rings (SSSR count). The van der Waals surface area contributed by atoms with Gasteiger partial charge in [0.2, 0.25) is 0 Å². The van der Waals surface area contributed by atoms with Crippen molar-refractivity contribution in [1.29, 1.82) is 0 Å². The van der Waals surface area contributed by atoms with Crippen molar-refractivity contribution in [2.75, 3.05) is 5.32 Å². The van der Waals surface area contributed by atoms with Crippen LogP contribution in [0.25, 0.3) is 0 Å². The number of nitro groups is 1. The van der Waals surface area contributed by atoms with Gasteiger partial charge in [0.1, 0.15) is 0 Å². The molecule has 0 saturated heterocycles. The van der Waals surface area contributed by atoms with Crippen LogP contribution >= 0.6 is 15.9 Å². The Morgan fingerprint density at radius 3 is 2.67 bits per heavy atom. The van der Waals surface area contributed by atoms with Crippen molar-refractivity contribution < 1.29 is 10.0 Å². The van der Waals surface area contributed by atoms with Gasteiger partial charge in [0.25, 0.3) is 5.69 Å². The van der Waals surface area contributed by atoms with Crippen molar-refractivity contribution in [2.45, 2.75) is 32.4 Å². The molecule has 0 aliphatic heterocycles. The van der Waals surface area contributed by atoms with E-state index in [2.05, 4.69) is 21.2 Å².